The van der Waals surface area contributed by atoms with Crippen molar-refractivity contribution in [3.05, 3.63) is 42.0 Å². The third-order valence-electron chi connectivity index (χ3n) is 2.41. The predicted octanol–water partition coefficient (Wildman–Crippen LogP) is 2.44. The van der Waals surface area contributed by atoms with Crippen LogP contribution in [0.3, 0.4) is 0 Å². The largest absolute Gasteiger partial charge is 0.399 e. The van der Waals surface area contributed by atoms with E-state index in [1.54, 1.807) is 0 Å². The molecule has 0 radical (unpaired) electrons. The summed E-state index contributed by atoms with van der Waals surface area (Å²) >= 11 is 0. The molecule has 2 rings (SSSR count). The monoisotopic (exact) mass is 186 g/mol. The lowest BCUT2D eigenvalue weighted by Crippen LogP contribution is -2.06. The van der Waals surface area contributed by atoms with E-state index < -0.39 is 0 Å². The molecule has 4 N–H and O–H groups in total. The quantitative estimate of drug-likeness (QED) is 0.672. The maximum atomic E-state index is 5.89. The number of hydrogen-bond acceptors (Lipinski definition) is 2. The second-order valence-electron chi connectivity index (χ2n) is 3.62. The molecular weight excluding hydrogens is 172 g/mol. The first-order valence-electron chi connectivity index (χ1n) is 4.72. The molecule has 1 atom stereocenters. The van der Waals surface area contributed by atoms with Crippen molar-refractivity contribution in [1.29, 1.82) is 0 Å². The molecule has 0 saturated carbocycles. The van der Waals surface area contributed by atoms with Gasteiger partial charge in [0, 0.05) is 11.7 Å². The molecule has 0 amide bonds. The molecule has 0 aliphatic carbocycles. The number of rotatable bonds is 1. The zero-order valence-electron chi connectivity index (χ0n) is 8.20. The van der Waals surface area contributed by atoms with Gasteiger partial charge < -0.3 is 11.5 Å². The fourth-order valence-electron chi connectivity index (χ4n) is 1.74. The highest BCUT2D eigenvalue weighted by atomic mass is 14.6. The van der Waals surface area contributed by atoms with Gasteiger partial charge in [0.1, 0.15) is 0 Å². The Balaban J connectivity index is 2.80. The minimum Gasteiger partial charge on any atom is -0.399 e. The molecule has 0 fully saturated rings. The number of hydrogen-bond donors (Lipinski definition) is 2. The van der Waals surface area contributed by atoms with Crippen molar-refractivity contribution in [2.45, 2.75) is 13.0 Å². The van der Waals surface area contributed by atoms with Crippen LogP contribution in [0.2, 0.25) is 0 Å². The highest BCUT2D eigenvalue weighted by Crippen LogP contribution is 2.25. The van der Waals surface area contributed by atoms with Crippen molar-refractivity contribution in [3.63, 3.8) is 0 Å². The van der Waals surface area contributed by atoms with E-state index in [4.69, 9.17) is 11.5 Å². The summed E-state index contributed by atoms with van der Waals surface area (Å²) in [4.78, 5) is 0. The summed E-state index contributed by atoms with van der Waals surface area (Å²) in [7, 11) is 0. The van der Waals surface area contributed by atoms with Gasteiger partial charge in [0.05, 0.1) is 0 Å². The van der Waals surface area contributed by atoms with Crippen LogP contribution in [0.5, 0.6) is 0 Å². The van der Waals surface area contributed by atoms with Crippen LogP contribution in [0.15, 0.2) is 36.4 Å². The molecule has 0 heterocycles. The molecule has 0 saturated heterocycles. The summed E-state index contributed by atoms with van der Waals surface area (Å²) in [5.41, 5.74) is 13.6. The molecule has 0 unspecified atom stereocenters. The molecule has 2 aromatic carbocycles. The maximum absolute atomic E-state index is 5.89. The lowest BCUT2D eigenvalue weighted by molar-refractivity contribution is 0.827. The van der Waals surface area contributed by atoms with Crippen LogP contribution in [0.1, 0.15) is 18.5 Å². The Hall–Kier alpha value is -1.54. The highest BCUT2D eigenvalue weighted by molar-refractivity contribution is 5.89. The fraction of sp³-hybridized carbons (Fsp3) is 0.167. The van der Waals surface area contributed by atoms with Gasteiger partial charge in [-0.05, 0) is 35.4 Å². The Labute approximate surface area is 83.5 Å². The molecule has 0 aromatic heterocycles. The van der Waals surface area contributed by atoms with E-state index in [0.717, 1.165) is 16.6 Å². The predicted molar refractivity (Wildman–Crippen MR) is 61.0 cm³/mol. The van der Waals surface area contributed by atoms with Crippen LogP contribution >= 0.6 is 0 Å². The first-order chi connectivity index (χ1) is 6.68. The summed E-state index contributed by atoms with van der Waals surface area (Å²) in [6, 6.07) is 12.1. The van der Waals surface area contributed by atoms with E-state index in [0.29, 0.717) is 0 Å². The molecule has 0 spiro atoms. The maximum Gasteiger partial charge on any atom is 0.0323 e. The molecule has 2 aromatic rings. The molecule has 0 aliphatic rings. The van der Waals surface area contributed by atoms with E-state index in [9.17, 15) is 0 Å². The second kappa shape index (κ2) is 3.31. The second-order valence-corrected chi connectivity index (χ2v) is 3.62. The van der Waals surface area contributed by atoms with Crippen LogP contribution in [-0.2, 0) is 0 Å². The van der Waals surface area contributed by atoms with Crippen LogP contribution in [0, 0.1) is 0 Å². The lowest BCUT2D eigenvalue weighted by Gasteiger charge is -2.11. The fourth-order valence-corrected chi connectivity index (χ4v) is 1.74. The SMILES string of the molecule is C[C@@H](N)c1cc(N)cc2ccccc12. The highest BCUT2D eigenvalue weighted by Gasteiger charge is 2.05. The average Bonchev–Trinajstić information content (AvgIpc) is 2.16. The lowest BCUT2D eigenvalue weighted by atomic mass is 9.99. The molecule has 72 valence electrons. The zero-order chi connectivity index (χ0) is 10.1. The number of nitrogen functional groups attached to an aromatic ring is 1. The molecule has 2 nitrogen and oxygen atoms in total. The van der Waals surface area contributed by atoms with E-state index in [1.807, 2.05) is 31.2 Å². The molecular formula is C12H14N2. The van der Waals surface area contributed by atoms with E-state index in [-0.39, 0.29) is 6.04 Å². The minimum absolute atomic E-state index is 0.0170. The normalized spacial score (nSPS) is 13.0. The molecule has 14 heavy (non-hydrogen) atoms. The number of nitrogens with two attached hydrogens (primary N) is 2. The van der Waals surface area contributed by atoms with Gasteiger partial charge in [-0.3, -0.25) is 0 Å². The van der Waals surface area contributed by atoms with Gasteiger partial charge in [0.2, 0.25) is 0 Å². The van der Waals surface area contributed by atoms with Crippen molar-refractivity contribution in [2.24, 2.45) is 5.73 Å². The zero-order valence-corrected chi connectivity index (χ0v) is 8.20. The number of fused-ring (bicyclic) bond motifs is 1. The Kier molecular flexibility index (Phi) is 2.14. The first-order valence-corrected chi connectivity index (χ1v) is 4.72. The van der Waals surface area contributed by atoms with E-state index >= 15 is 0 Å². The number of anilines is 1. The molecule has 0 aliphatic heterocycles. The summed E-state index contributed by atoms with van der Waals surface area (Å²) in [6.07, 6.45) is 0. The van der Waals surface area contributed by atoms with Crippen LogP contribution in [-0.4, -0.2) is 0 Å². The van der Waals surface area contributed by atoms with Crippen LogP contribution < -0.4 is 11.5 Å². The van der Waals surface area contributed by atoms with E-state index in [1.165, 1.54) is 5.39 Å². The Bertz CT molecular complexity index is 461. The molecule has 0 bridgehead atoms. The van der Waals surface area contributed by atoms with Gasteiger partial charge in [-0.1, -0.05) is 24.3 Å². The van der Waals surface area contributed by atoms with Crippen molar-refractivity contribution < 1.29 is 0 Å². The molecule has 2 heteroatoms. The van der Waals surface area contributed by atoms with Crippen molar-refractivity contribution in [3.8, 4) is 0 Å². The Morgan fingerprint density at radius 2 is 1.86 bits per heavy atom. The number of benzene rings is 2. The minimum atomic E-state index is 0.0170. The standard InChI is InChI=1S/C12H14N2/c1-8(13)12-7-10(14)6-9-4-2-3-5-11(9)12/h2-8H,13-14H2,1H3/t8-/m1/s1. The third-order valence-corrected chi connectivity index (χ3v) is 2.41. The smallest absolute Gasteiger partial charge is 0.0323 e. The van der Waals surface area contributed by atoms with Crippen molar-refractivity contribution >= 4 is 16.5 Å². The van der Waals surface area contributed by atoms with Crippen molar-refractivity contribution in [1.82, 2.24) is 0 Å². The summed E-state index contributed by atoms with van der Waals surface area (Å²) < 4.78 is 0. The van der Waals surface area contributed by atoms with Gasteiger partial charge in [-0.2, -0.15) is 0 Å². The van der Waals surface area contributed by atoms with Crippen molar-refractivity contribution in [2.75, 3.05) is 5.73 Å². The van der Waals surface area contributed by atoms with Crippen LogP contribution in [0.25, 0.3) is 10.8 Å². The summed E-state index contributed by atoms with van der Waals surface area (Å²) in [5, 5.41) is 2.34. The Morgan fingerprint density at radius 1 is 1.14 bits per heavy atom. The Morgan fingerprint density at radius 3 is 2.57 bits per heavy atom. The average molecular weight is 186 g/mol. The van der Waals surface area contributed by atoms with Gasteiger partial charge in [-0.15, -0.1) is 0 Å². The van der Waals surface area contributed by atoms with Gasteiger partial charge in [0.15, 0.2) is 0 Å². The van der Waals surface area contributed by atoms with E-state index in [2.05, 4.69) is 12.1 Å². The van der Waals surface area contributed by atoms with Gasteiger partial charge in [-0.25, -0.2) is 0 Å². The van der Waals surface area contributed by atoms with Gasteiger partial charge >= 0.3 is 0 Å². The first kappa shape index (κ1) is 9.03. The topological polar surface area (TPSA) is 52.0 Å². The third kappa shape index (κ3) is 1.44. The van der Waals surface area contributed by atoms with Crippen LogP contribution in [0.4, 0.5) is 5.69 Å². The summed E-state index contributed by atoms with van der Waals surface area (Å²) in [5.74, 6) is 0. The van der Waals surface area contributed by atoms with Gasteiger partial charge in [0.25, 0.3) is 0 Å². The summed E-state index contributed by atoms with van der Waals surface area (Å²) in [6.45, 7) is 1.97.